The fourth-order valence-electron chi connectivity index (χ4n) is 3.54. The summed E-state index contributed by atoms with van der Waals surface area (Å²) in [6.45, 7) is 8.18. The molecule has 0 aliphatic carbocycles. The van der Waals surface area contributed by atoms with E-state index in [1.165, 1.54) is 5.56 Å². The van der Waals surface area contributed by atoms with E-state index >= 15 is 0 Å². The number of aromatic nitrogens is 1. The van der Waals surface area contributed by atoms with Crippen molar-refractivity contribution in [2.75, 3.05) is 39.4 Å². The zero-order valence-electron chi connectivity index (χ0n) is 14.7. The van der Waals surface area contributed by atoms with Crippen molar-refractivity contribution in [2.24, 2.45) is 5.92 Å². The molecule has 0 atom stereocenters. The first-order valence-electron chi connectivity index (χ1n) is 9.29. The summed E-state index contributed by atoms with van der Waals surface area (Å²) in [5.41, 5.74) is 2.40. The molecule has 3 rings (SSSR count). The van der Waals surface area contributed by atoms with Gasteiger partial charge in [-0.1, -0.05) is 13.0 Å². The highest BCUT2D eigenvalue weighted by atomic mass is 16.5. The summed E-state index contributed by atoms with van der Waals surface area (Å²) >= 11 is 0. The molecular formula is C19H29N3O2. The molecule has 1 aromatic heterocycles. The Kier molecular flexibility index (Phi) is 6.21. The maximum atomic E-state index is 12.7. The predicted molar refractivity (Wildman–Crippen MR) is 93.6 cm³/mol. The van der Waals surface area contributed by atoms with Gasteiger partial charge >= 0.3 is 0 Å². The second-order valence-electron chi connectivity index (χ2n) is 6.85. The maximum Gasteiger partial charge on any atom is 0.225 e. The van der Waals surface area contributed by atoms with E-state index in [-0.39, 0.29) is 5.92 Å². The topological polar surface area (TPSA) is 45.7 Å². The number of pyridine rings is 1. The molecule has 3 heterocycles. The van der Waals surface area contributed by atoms with Crippen molar-refractivity contribution in [3.05, 3.63) is 29.6 Å². The van der Waals surface area contributed by atoms with Crippen molar-refractivity contribution in [1.29, 1.82) is 0 Å². The molecule has 0 bridgehead atoms. The molecule has 1 aromatic rings. The van der Waals surface area contributed by atoms with Crippen molar-refractivity contribution in [2.45, 2.75) is 39.2 Å². The van der Waals surface area contributed by atoms with Gasteiger partial charge in [0.05, 0.1) is 5.69 Å². The second kappa shape index (κ2) is 8.58. The van der Waals surface area contributed by atoms with E-state index < -0.39 is 0 Å². The Morgan fingerprint density at radius 3 is 2.75 bits per heavy atom. The smallest absolute Gasteiger partial charge is 0.225 e. The van der Waals surface area contributed by atoms with Crippen LogP contribution >= 0.6 is 0 Å². The summed E-state index contributed by atoms with van der Waals surface area (Å²) in [7, 11) is 0. The van der Waals surface area contributed by atoms with Crippen LogP contribution in [0, 0.1) is 5.92 Å². The Hall–Kier alpha value is -1.46. The number of aryl methyl sites for hydroxylation is 1. The van der Waals surface area contributed by atoms with Gasteiger partial charge in [0.25, 0.3) is 0 Å². The van der Waals surface area contributed by atoms with Crippen LogP contribution in [0.5, 0.6) is 0 Å². The Morgan fingerprint density at radius 1 is 1.21 bits per heavy atom. The minimum absolute atomic E-state index is 0.175. The number of carbonyl (C=O) groups excluding carboxylic acids is 1. The average molecular weight is 331 g/mol. The van der Waals surface area contributed by atoms with Crippen LogP contribution in [0.1, 0.15) is 37.4 Å². The van der Waals surface area contributed by atoms with E-state index in [0.29, 0.717) is 5.91 Å². The quantitative estimate of drug-likeness (QED) is 0.848. The van der Waals surface area contributed by atoms with Gasteiger partial charge in [0.2, 0.25) is 5.91 Å². The molecule has 0 N–H and O–H groups in total. The number of carbonyl (C=O) groups is 1. The van der Waals surface area contributed by atoms with Crippen LogP contribution in [0.4, 0.5) is 0 Å². The van der Waals surface area contributed by atoms with E-state index in [0.717, 1.165) is 77.3 Å². The average Bonchev–Trinajstić information content (AvgIpc) is 2.88. The lowest BCUT2D eigenvalue weighted by Gasteiger charge is -2.28. The van der Waals surface area contributed by atoms with Crippen molar-refractivity contribution >= 4 is 5.91 Å². The Balaban J connectivity index is 1.51. The lowest BCUT2D eigenvalue weighted by molar-refractivity contribution is -0.138. The van der Waals surface area contributed by atoms with Gasteiger partial charge in [0.15, 0.2) is 0 Å². The molecule has 2 aliphatic heterocycles. The van der Waals surface area contributed by atoms with E-state index in [1.54, 1.807) is 0 Å². The van der Waals surface area contributed by atoms with Gasteiger partial charge in [0, 0.05) is 58.1 Å². The van der Waals surface area contributed by atoms with Gasteiger partial charge in [0.1, 0.15) is 0 Å². The number of rotatable bonds is 4. The number of hydrogen-bond acceptors (Lipinski definition) is 4. The molecule has 2 aliphatic rings. The summed E-state index contributed by atoms with van der Waals surface area (Å²) in [5.74, 6) is 0.513. The normalized spacial score (nSPS) is 20.8. The Morgan fingerprint density at radius 2 is 2.04 bits per heavy atom. The molecule has 0 radical (unpaired) electrons. The molecule has 5 nitrogen and oxygen atoms in total. The van der Waals surface area contributed by atoms with Gasteiger partial charge in [-0.3, -0.25) is 14.7 Å². The number of amides is 1. The SMILES string of the molecule is CCc1ccc(CN2CCCN(C(=O)C3CCOCC3)CC2)nc1. The van der Waals surface area contributed by atoms with Gasteiger partial charge in [-0.15, -0.1) is 0 Å². The first-order valence-corrected chi connectivity index (χ1v) is 9.29. The second-order valence-corrected chi connectivity index (χ2v) is 6.85. The van der Waals surface area contributed by atoms with Crippen molar-refractivity contribution in [3.8, 4) is 0 Å². The summed E-state index contributed by atoms with van der Waals surface area (Å²) < 4.78 is 5.38. The van der Waals surface area contributed by atoms with Crippen molar-refractivity contribution in [1.82, 2.24) is 14.8 Å². The maximum absolute atomic E-state index is 12.7. The first kappa shape index (κ1) is 17.4. The van der Waals surface area contributed by atoms with Gasteiger partial charge in [-0.25, -0.2) is 0 Å². The minimum Gasteiger partial charge on any atom is -0.381 e. The molecule has 2 saturated heterocycles. The lowest BCUT2D eigenvalue weighted by atomic mass is 9.98. The molecule has 5 heteroatoms. The number of hydrogen-bond donors (Lipinski definition) is 0. The molecule has 0 spiro atoms. The van der Waals surface area contributed by atoms with Gasteiger partial charge < -0.3 is 9.64 Å². The third-order valence-electron chi connectivity index (χ3n) is 5.15. The number of nitrogens with zero attached hydrogens (tertiary/aromatic N) is 3. The van der Waals surface area contributed by atoms with Gasteiger partial charge in [-0.05, 0) is 37.3 Å². The van der Waals surface area contributed by atoms with Crippen LogP contribution in [0.15, 0.2) is 18.3 Å². The van der Waals surface area contributed by atoms with E-state index in [4.69, 9.17) is 4.74 Å². The summed E-state index contributed by atoms with van der Waals surface area (Å²) in [5, 5.41) is 0. The van der Waals surface area contributed by atoms with Crippen LogP contribution in [0.25, 0.3) is 0 Å². The zero-order valence-corrected chi connectivity index (χ0v) is 14.7. The molecular weight excluding hydrogens is 302 g/mol. The monoisotopic (exact) mass is 331 g/mol. The van der Waals surface area contributed by atoms with Crippen LogP contribution in [0.2, 0.25) is 0 Å². The van der Waals surface area contributed by atoms with Crippen LogP contribution in [0.3, 0.4) is 0 Å². The van der Waals surface area contributed by atoms with Crippen LogP contribution < -0.4 is 0 Å². The highest BCUT2D eigenvalue weighted by Gasteiger charge is 2.27. The zero-order chi connectivity index (χ0) is 16.8. The standard InChI is InChI=1S/C19H29N3O2/c1-2-16-4-5-18(20-14-16)15-21-8-3-9-22(11-10-21)19(23)17-6-12-24-13-7-17/h4-5,14,17H,2-3,6-13,15H2,1H3. The molecule has 0 unspecified atom stereocenters. The molecule has 1 amide bonds. The lowest BCUT2D eigenvalue weighted by Crippen LogP contribution is -2.40. The minimum atomic E-state index is 0.175. The fraction of sp³-hybridized carbons (Fsp3) is 0.684. The summed E-state index contributed by atoms with van der Waals surface area (Å²) in [6.07, 6.45) is 5.82. The van der Waals surface area contributed by atoms with Gasteiger partial charge in [-0.2, -0.15) is 0 Å². The van der Waals surface area contributed by atoms with Crippen LogP contribution in [-0.2, 0) is 22.5 Å². The number of ether oxygens (including phenoxy) is 1. The third kappa shape index (κ3) is 4.54. The molecule has 2 fully saturated rings. The summed E-state index contributed by atoms with van der Waals surface area (Å²) in [6, 6.07) is 4.30. The third-order valence-corrected chi connectivity index (χ3v) is 5.15. The summed E-state index contributed by atoms with van der Waals surface area (Å²) in [4.78, 5) is 21.7. The van der Waals surface area contributed by atoms with Crippen LogP contribution in [-0.4, -0.2) is 60.1 Å². The Labute approximate surface area is 145 Å². The molecule has 132 valence electrons. The molecule has 0 aromatic carbocycles. The van der Waals surface area contributed by atoms with Crippen molar-refractivity contribution in [3.63, 3.8) is 0 Å². The molecule has 24 heavy (non-hydrogen) atoms. The van der Waals surface area contributed by atoms with E-state index in [2.05, 4.69) is 33.8 Å². The highest BCUT2D eigenvalue weighted by Crippen LogP contribution is 2.19. The fourth-order valence-corrected chi connectivity index (χ4v) is 3.54. The first-order chi connectivity index (χ1) is 11.8. The van der Waals surface area contributed by atoms with E-state index in [9.17, 15) is 4.79 Å². The largest absolute Gasteiger partial charge is 0.381 e. The predicted octanol–water partition coefficient (Wildman–Crippen LogP) is 2.10. The molecule has 0 saturated carbocycles. The highest BCUT2D eigenvalue weighted by molar-refractivity contribution is 5.79. The van der Waals surface area contributed by atoms with Crippen molar-refractivity contribution < 1.29 is 9.53 Å². The van der Waals surface area contributed by atoms with E-state index in [1.807, 2.05) is 6.20 Å². The Bertz CT molecular complexity index is 526.